The van der Waals surface area contributed by atoms with Crippen LogP contribution in [0, 0.1) is 0 Å². The molecule has 0 aliphatic carbocycles. The van der Waals surface area contributed by atoms with E-state index in [0.29, 0.717) is 31.7 Å². The van der Waals surface area contributed by atoms with Crippen molar-refractivity contribution in [1.29, 1.82) is 0 Å². The molecule has 0 aromatic carbocycles. The lowest BCUT2D eigenvalue weighted by molar-refractivity contribution is -0.141. The normalized spacial score (nSPS) is 15.7. The summed E-state index contributed by atoms with van der Waals surface area (Å²) in [6.45, 7) is 2.11. The molecule has 4 rings (SSSR count). The summed E-state index contributed by atoms with van der Waals surface area (Å²) < 4.78 is 40.3. The van der Waals surface area contributed by atoms with E-state index < -0.39 is 11.9 Å². The van der Waals surface area contributed by atoms with Crippen molar-refractivity contribution in [2.45, 2.75) is 6.18 Å². The molecule has 3 aromatic heterocycles. The van der Waals surface area contributed by atoms with E-state index in [2.05, 4.69) is 24.9 Å². The first kappa shape index (κ1) is 16.5. The maximum atomic E-state index is 12.8. The highest BCUT2D eigenvalue weighted by Crippen LogP contribution is 2.28. The Morgan fingerprint density at radius 2 is 1.69 bits per heavy atom. The molecule has 0 unspecified atom stereocenters. The third-order valence-electron chi connectivity index (χ3n) is 4.27. The van der Waals surface area contributed by atoms with Crippen molar-refractivity contribution in [3.63, 3.8) is 0 Å². The van der Waals surface area contributed by atoms with E-state index in [1.165, 1.54) is 6.33 Å². The molecule has 0 radical (unpaired) electrons. The van der Waals surface area contributed by atoms with E-state index in [1.54, 1.807) is 11.2 Å². The molecule has 1 fully saturated rings. The Morgan fingerprint density at radius 3 is 2.42 bits per heavy atom. The number of imidazole rings is 1. The number of alkyl halides is 3. The number of halogens is 3. The van der Waals surface area contributed by atoms with Gasteiger partial charge >= 0.3 is 6.18 Å². The monoisotopic (exact) mass is 364 g/mol. The Balaban J connectivity index is 1.52. The average Bonchev–Trinajstić information content (AvgIpc) is 3.03. The second-order valence-corrected chi connectivity index (χ2v) is 5.94. The quantitative estimate of drug-likeness (QED) is 0.682. The minimum absolute atomic E-state index is 0.0881. The molecule has 0 bridgehead atoms. The SMILES string of the molecule is Cn1cnc2c(N3CCN(c4nccc(C(F)(F)F)n4)CC3)ncnc21. The Kier molecular flexibility index (Phi) is 3.85. The third kappa shape index (κ3) is 2.89. The van der Waals surface area contributed by atoms with Crippen molar-refractivity contribution in [3.8, 4) is 0 Å². The predicted molar refractivity (Wildman–Crippen MR) is 87.8 cm³/mol. The smallest absolute Gasteiger partial charge is 0.351 e. The number of anilines is 2. The molecule has 3 aromatic rings. The Hall–Kier alpha value is -2.98. The summed E-state index contributed by atoms with van der Waals surface area (Å²) in [7, 11) is 1.86. The van der Waals surface area contributed by atoms with Gasteiger partial charge in [0.25, 0.3) is 0 Å². The molecule has 26 heavy (non-hydrogen) atoms. The summed E-state index contributed by atoms with van der Waals surface area (Å²) in [5, 5.41) is 0. The van der Waals surface area contributed by atoms with Crippen molar-refractivity contribution in [2.75, 3.05) is 36.0 Å². The molecule has 0 spiro atoms. The Morgan fingerprint density at radius 1 is 0.962 bits per heavy atom. The van der Waals surface area contributed by atoms with Crippen LogP contribution < -0.4 is 9.80 Å². The van der Waals surface area contributed by atoms with Gasteiger partial charge in [0.05, 0.1) is 6.33 Å². The summed E-state index contributed by atoms with van der Waals surface area (Å²) in [4.78, 5) is 24.3. The molecule has 0 amide bonds. The molecule has 4 heterocycles. The summed E-state index contributed by atoms with van der Waals surface area (Å²) in [6, 6.07) is 0.873. The zero-order chi connectivity index (χ0) is 18.3. The van der Waals surface area contributed by atoms with Crippen LogP contribution in [0.25, 0.3) is 11.2 Å². The Labute approximate surface area is 146 Å². The molecular formula is C15H15F3N8. The van der Waals surface area contributed by atoms with Crippen molar-refractivity contribution in [3.05, 3.63) is 30.6 Å². The second kappa shape index (κ2) is 6.07. The number of hydrogen-bond donors (Lipinski definition) is 0. The number of piperazine rings is 1. The van der Waals surface area contributed by atoms with E-state index in [4.69, 9.17) is 0 Å². The maximum Gasteiger partial charge on any atom is 0.433 e. The highest BCUT2D eigenvalue weighted by atomic mass is 19.4. The summed E-state index contributed by atoms with van der Waals surface area (Å²) in [5.74, 6) is 0.811. The second-order valence-electron chi connectivity index (χ2n) is 5.94. The lowest BCUT2D eigenvalue weighted by Crippen LogP contribution is -2.47. The molecule has 1 aliphatic heterocycles. The molecule has 136 valence electrons. The van der Waals surface area contributed by atoms with Crippen LogP contribution in [0.2, 0.25) is 0 Å². The summed E-state index contributed by atoms with van der Waals surface area (Å²) in [6.07, 6.45) is -0.179. The van der Waals surface area contributed by atoms with Gasteiger partial charge in [-0.1, -0.05) is 0 Å². The van der Waals surface area contributed by atoms with Gasteiger partial charge in [0.15, 0.2) is 17.0 Å². The van der Waals surface area contributed by atoms with Crippen LogP contribution in [0.15, 0.2) is 24.9 Å². The summed E-state index contributed by atoms with van der Waals surface area (Å²) >= 11 is 0. The predicted octanol–water partition coefficient (Wildman–Crippen LogP) is 1.50. The molecular weight excluding hydrogens is 349 g/mol. The highest BCUT2D eigenvalue weighted by molar-refractivity contribution is 5.83. The Bertz CT molecular complexity index is 930. The molecule has 0 saturated carbocycles. The minimum Gasteiger partial charge on any atom is -0.351 e. The van der Waals surface area contributed by atoms with Crippen LogP contribution >= 0.6 is 0 Å². The van der Waals surface area contributed by atoms with Gasteiger partial charge in [0, 0.05) is 39.4 Å². The van der Waals surface area contributed by atoms with Crippen molar-refractivity contribution in [2.24, 2.45) is 7.05 Å². The number of aryl methyl sites for hydroxylation is 1. The number of nitrogens with zero attached hydrogens (tertiary/aromatic N) is 8. The van der Waals surface area contributed by atoms with Crippen LogP contribution in [0.1, 0.15) is 5.69 Å². The van der Waals surface area contributed by atoms with Gasteiger partial charge < -0.3 is 14.4 Å². The van der Waals surface area contributed by atoms with Crippen LogP contribution in [0.5, 0.6) is 0 Å². The summed E-state index contributed by atoms with van der Waals surface area (Å²) in [5.41, 5.74) is 0.508. The zero-order valence-electron chi connectivity index (χ0n) is 13.8. The number of hydrogen-bond acceptors (Lipinski definition) is 7. The molecule has 0 N–H and O–H groups in total. The van der Waals surface area contributed by atoms with E-state index in [-0.39, 0.29) is 5.95 Å². The minimum atomic E-state index is -4.48. The number of fused-ring (bicyclic) bond motifs is 1. The first-order valence-corrected chi connectivity index (χ1v) is 7.95. The first-order chi connectivity index (χ1) is 12.4. The van der Waals surface area contributed by atoms with Crippen LogP contribution in [0.3, 0.4) is 0 Å². The first-order valence-electron chi connectivity index (χ1n) is 7.95. The molecule has 8 nitrogen and oxygen atoms in total. The van der Waals surface area contributed by atoms with E-state index in [9.17, 15) is 13.2 Å². The molecule has 0 atom stereocenters. The van der Waals surface area contributed by atoms with Gasteiger partial charge in [-0.3, -0.25) is 0 Å². The molecule has 1 aliphatic rings. The molecule has 11 heteroatoms. The van der Waals surface area contributed by atoms with Crippen molar-refractivity contribution < 1.29 is 13.2 Å². The van der Waals surface area contributed by atoms with Crippen LogP contribution in [-0.2, 0) is 13.2 Å². The molecule has 1 saturated heterocycles. The van der Waals surface area contributed by atoms with Crippen LogP contribution in [-0.4, -0.2) is 55.7 Å². The van der Waals surface area contributed by atoms with Gasteiger partial charge in [-0.05, 0) is 6.07 Å². The fourth-order valence-electron chi connectivity index (χ4n) is 2.94. The van der Waals surface area contributed by atoms with Crippen molar-refractivity contribution in [1.82, 2.24) is 29.5 Å². The van der Waals surface area contributed by atoms with E-state index in [0.717, 1.165) is 23.7 Å². The lowest BCUT2D eigenvalue weighted by atomic mass is 10.3. The van der Waals surface area contributed by atoms with Gasteiger partial charge in [0.1, 0.15) is 12.0 Å². The number of rotatable bonds is 2. The standard InChI is InChI=1S/C15H15F3N8/c1-24-9-22-11-12(24)20-8-21-13(11)25-4-6-26(7-5-25)14-19-3-2-10(23-14)15(16,17)18/h2-3,8-9H,4-7H2,1H3. The highest BCUT2D eigenvalue weighted by Gasteiger charge is 2.33. The fraction of sp³-hybridized carbons (Fsp3) is 0.400. The van der Waals surface area contributed by atoms with E-state index in [1.807, 2.05) is 16.5 Å². The van der Waals surface area contributed by atoms with Crippen LogP contribution in [0.4, 0.5) is 24.9 Å². The van der Waals surface area contributed by atoms with Gasteiger partial charge in [0.2, 0.25) is 5.95 Å². The largest absolute Gasteiger partial charge is 0.433 e. The van der Waals surface area contributed by atoms with Gasteiger partial charge in [-0.25, -0.2) is 24.9 Å². The average molecular weight is 364 g/mol. The lowest BCUT2D eigenvalue weighted by Gasteiger charge is -2.35. The topological polar surface area (TPSA) is 75.9 Å². The maximum absolute atomic E-state index is 12.8. The zero-order valence-corrected chi connectivity index (χ0v) is 13.8. The van der Waals surface area contributed by atoms with Crippen molar-refractivity contribution >= 4 is 22.9 Å². The van der Waals surface area contributed by atoms with Gasteiger partial charge in [-0.15, -0.1) is 0 Å². The third-order valence-corrected chi connectivity index (χ3v) is 4.27. The number of aromatic nitrogens is 6. The van der Waals surface area contributed by atoms with E-state index >= 15 is 0 Å². The van der Waals surface area contributed by atoms with Gasteiger partial charge in [-0.2, -0.15) is 13.2 Å². The fourth-order valence-corrected chi connectivity index (χ4v) is 2.94.